The largest absolute Gasteiger partial charge is 0.386 e. The van der Waals surface area contributed by atoms with Crippen molar-refractivity contribution < 1.29 is 14.4 Å². The topological polar surface area (TPSA) is 75.4 Å². The molecule has 1 atom stereocenters. The van der Waals surface area contributed by atoms with Gasteiger partial charge in [0.1, 0.15) is 11.9 Å². The van der Waals surface area contributed by atoms with Crippen molar-refractivity contribution in [3.05, 3.63) is 52.0 Å². The van der Waals surface area contributed by atoms with Gasteiger partial charge in [0.25, 0.3) is 5.91 Å². The number of hydrogen-bond donors (Lipinski definition) is 2. The number of nitrogens with one attached hydrogen (secondary N) is 1. The Morgan fingerprint density at radius 1 is 1.41 bits per heavy atom. The van der Waals surface area contributed by atoms with Crippen LogP contribution in [0.4, 0.5) is 0 Å². The fourth-order valence-electron chi connectivity index (χ4n) is 1.94. The van der Waals surface area contributed by atoms with Crippen molar-refractivity contribution in [2.24, 2.45) is 0 Å². The number of aliphatic hydroxyl groups is 1. The Morgan fingerprint density at radius 3 is 2.95 bits per heavy atom. The fourth-order valence-corrected chi connectivity index (χ4v) is 3.77. The third kappa shape index (κ3) is 3.27. The standard InChI is InChI=1S/C15H14N2O3S2/c1-9-7-10(17-20-9)15(19)16-8-11(18)12-4-5-14(22-12)13-3-2-6-21-13/h2-7,11,18H,8H2,1H3,(H,16,19). The van der Waals surface area contributed by atoms with E-state index in [9.17, 15) is 9.90 Å². The third-order valence-electron chi connectivity index (χ3n) is 3.04. The quantitative estimate of drug-likeness (QED) is 0.751. The molecule has 3 aromatic rings. The number of rotatable bonds is 5. The number of aryl methyl sites for hydroxylation is 1. The summed E-state index contributed by atoms with van der Waals surface area (Å²) in [7, 11) is 0. The molecule has 0 bridgehead atoms. The second-order valence-corrected chi connectivity index (χ2v) is 6.79. The van der Waals surface area contributed by atoms with Crippen LogP contribution in [0.5, 0.6) is 0 Å². The smallest absolute Gasteiger partial charge is 0.273 e. The van der Waals surface area contributed by atoms with Crippen LogP contribution in [-0.4, -0.2) is 22.7 Å². The maximum absolute atomic E-state index is 11.8. The molecule has 114 valence electrons. The molecule has 2 N–H and O–H groups in total. The molecule has 0 saturated heterocycles. The van der Waals surface area contributed by atoms with E-state index in [1.165, 1.54) is 16.2 Å². The van der Waals surface area contributed by atoms with Crippen molar-refractivity contribution in [3.8, 4) is 9.75 Å². The molecule has 0 radical (unpaired) electrons. The van der Waals surface area contributed by atoms with Crippen LogP contribution in [0, 0.1) is 6.92 Å². The summed E-state index contributed by atoms with van der Waals surface area (Å²) >= 11 is 3.18. The van der Waals surface area contributed by atoms with Gasteiger partial charge in [-0.1, -0.05) is 11.2 Å². The maximum Gasteiger partial charge on any atom is 0.273 e. The molecule has 3 rings (SSSR count). The summed E-state index contributed by atoms with van der Waals surface area (Å²) in [5.41, 5.74) is 0.218. The summed E-state index contributed by atoms with van der Waals surface area (Å²) in [6.07, 6.45) is -0.740. The van der Waals surface area contributed by atoms with Gasteiger partial charge in [-0.2, -0.15) is 0 Å². The minimum absolute atomic E-state index is 0.134. The van der Waals surface area contributed by atoms with E-state index in [1.54, 1.807) is 24.3 Å². The van der Waals surface area contributed by atoms with Crippen molar-refractivity contribution in [1.29, 1.82) is 0 Å². The van der Waals surface area contributed by atoms with E-state index < -0.39 is 6.10 Å². The van der Waals surface area contributed by atoms with E-state index in [4.69, 9.17) is 4.52 Å². The van der Waals surface area contributed by atoms with Crippen LogP contribution in [0.3, 0.4) is 0 Å². The second-order valence-electron chi connectivity index (χ2n) is 4.73. The van der Waals surface area contributed by atoms with Gasteiger partial charge in [-0.25, -0.2) is 0 Å². The van der Waals surface area contributed by atoms with Gasteiger partial charge in [0.2, 0.25) is 0 Å². The number of nitrogens with zero attached hydrogens (tertiary/aromatic N) is 1. The predicted octanol–water partition coefficient (Wildman–Crippen LogP) is 3.24. The van der Waals surface area contributed by atoms with Crippen molar-refractivity contribution in [1.82, 2.24) is 10.5 Å². The van der Waals surface area contributed by atoms with Crippen LogP contribution in [0.15, 0.2) is 40.2 Å². The van der Waals surface area contributed by atoms with Crippen LogP contribution in [-0.2, 0) is 0 Å². The molecule has 0 aromatic carbocycles. The summed E-state index contributed by atoms with van der Waals surface area (Å²) in [4.78, 5) is 15.0. The van der Waals surface area contributed by atoms with E-state index in [0.29, 0.717) is 5.76 Å². The first-order chi connectivity index (χ1) is 10.6. The Bertz CT molecular complexity index is 761. The molecule has 0 saturated carbocycles. The Hall–Kier alpha value is -1.96. The molecule has 1 amide bonds. The van der Waals surface area contributed by atoms with Crippen LogP contribution in [0.25, 0.3) is 9.75 Å². The normalized spacial score (nSPS) is 12.3. The van der Waals surface area contributed by atoms with Gasteiger partial charge in [-0.15, -0.1) is 22.7 Å². The van der Waals surface area contributed by atoms with E-state index in [2.05, 4.69) is 10.5 Å². The monoisotopic (exact) mass is 334 g/mol. The molecular weight excluding hydrogens is 320 g/mol. The second kappa shape index (κ2) is 6.43. The van der Waals surface area contributed by atoms with Crippen LogP contribution >= 0.6 is 22.7 Å². The van der Waals surface area contributed by atoms with Gasteiger partial charge in [0, 0.05) is 27.2 Å². The van der Waals surface area contributed by atoms with Crippen LogP contribution in [0.2, 0.25) is 0 Å². The first-order valence-corrected chi connectivity index (χ1v) is 8.36. The van der Waals surface area contributed by atoms with Crippen molar-refractivity contribution >= 4 is 28.6 Å². The van der Waals surface area contributed by atoms with Gasteiger partial charge < -0.3 is 14.9 Å². The van der Waals surface area contributed by atoms with Gasteiger partial charge in [0.05, 0.1) is 0 Å². The first-order valence-electron chi connectivity index (χ1n) is 6.66. The molecule has 3 aromatic heterocycles. The number of amides is 1. The van der Waals surface area contributed by atoms with Crippen LogP contribution in [0.1, 0.15) is 27.2 Å². The first kappa shape index (κ1) is 15.0. The Kier molecular flexibility index (Phi) is 4.37. The zero-order chi connectivity index (χ0) is 15.5. The minimum Gasteiger partial charge on any atom is -0.386 e. The average molecular weight is 334 g/mol. The number of thiophene rings is 2. The highest BCUT2D eigenvalue weighted by Crippen LogP contribution is 2.33. The van der Waals surface area contributed by atoms with E-state index >= 15 is 0 Å². The molecule has 0 aliphatic heterocycles. The lowest BCUT2D eigenvalue weighted by Gasteiger charge is -2.08. The lowest BCUT2D eigenvalue weighted by atomic mass is 10.2. The van der Waals surface area contributed by atoms with Crippen molar-refractivity contribution in [2.45, 2.75) is 13.0 Å². The molecule has 0 aliphatic carbocycles. The Morgan fingerprint density at radius 2 is 2.27 bits per heavy atom. The van der Waals surface area contributed by atoms with E-state index in [1.807, 2.05) is 29.6 Å². The number of aromatic nitrogens is 1. The molecule has 5 nitrogen and oxygen atoms in total. The number of aliphatic hydroxyl groups excluding tert-OH is 1. The highest BCUT2D eigenvalue weighted by Gasteiger charge is 2.15. The lowest BCUT2D eigenvalue weighted by molar-refractivity contribution is 0.0909. The molecule has 0 aliphatic rings. The lowest BCUT2D eigenvalue weighted by Crippen LogP contribution is -2.28. The highest BCUT2D eigenvalue weighted by atomic mass is 32.1. The summed E-state index contributed by atoms with van der Waals surface area (Å²) in [5.74, 6) is 0.218. The summed E-state index contributed by atoms with van der Waals surface area (Å²) in [6, 6.07) is 9.47. The molecule has 0 fully saturated rings. The van der Waals surface area contributed by atoms with Gasteiger partial charge >= 0.3 is 0 Å². The Balaban J connectivity index is 1.60. The number of carbonyl (C=O) groups is 1. The highest BCUT2D eigenvalue weighted by molar-refractivity contribution is 7.21. The zero-order valence-electron chi connectivity index (χ0n) is 11.8. The zero-order valence-corrected chi connectivity index (χ0v) is 13.4. The summed E-state index contributed by atoms with van der Waals surface area (Å²) in [6.45, 7) is 1.85. The Labute approximate surface area is 135 Å². The molecular formula is C15H14N2O3S2. The predicted molar refractivity (Wildman–Crippen MR) is 86.2 cm³/mol. The molecule has 22 heavy (non-hydrogen) atoms. The van der Waals surface area contributed by atoms with E-state index in [0.717, 1.165) is 9.75 Å². The van der Waals surface area contributed by atoms with Gasteiger partial charge in [-0.05, 0) is 30.5 Å². The summed E-state index contributed by atoms with van der Waals surface area (Å²) < 4.78 is 4.85. The minimum atomic E-state index is -0.740. The average Bonchev–Trinajstić information content (AvgIpc) is 3.23. The molecule has 1 unspecified atom stereocenters. The van der Waals surface area contributed by atoms with Crippen molar-refractivity contribution in [3.63, 3.8) is 0 Å². The summed E-state index contributed by atoms with van der Waals surface area (Å²) in [5, 5.41) is 18.5. The molecule has 0 spiro atoms. The van der Waals surface area contributed by atoms with Crippen molar-refractivity contribution in [2.75, 3.05) is 6.54 Å². The van der Waals surface area contributed by atoms with Gasteiger partial charge in [-0.3, -0.25) is 4.79 Å². The molecule has 7 heteroatoms. The van der Waals surface area contributed by atoms with E-state index in [-0.39, 0.29) is 18.1 Å². The number of hydrogen-bond acceptors (Lipinski definition) is 6. The molecule has 3 heterocycles. The number of carbonyl (C=O) groups excluding carboxylic acids is 1. The SMILES string of the molecule is Cc1cc(C(=O)NCC(O)c2ccc(-c3cccs3)s2)no1. The van der Waals surface area contributed by atoms with Gasteiger partial charge in [0.15, 0.2) is 5.69 Å². The maximum atomic E-state index is 11.8. The third-order valence-corrected chi connectivity index (χ3v) is 5.29. The fraction of sp³-hybridized carbons (Fsp3) is 0.200. The van der Waals surface area contributed by atoms with Crippen LogP contribution < -0.4 is 5.32 Å².